The Hall–Kier alpha value is -1.77. The number of nitrogens with one attached hydrogen (secondary N) is 1. The lowest BCUT2D eigenvalue weighted by molar-refractivity contribution is 0.414. The predicted molar refractivity (Wildman–Crippen MR) is 93.0 cm³/mol. The molecule has 0 atom stereocenters. The van der Waals surface area contributed by atoms with Gasteiger partial charge in [-0.3, -0.25) is 4.72 Å². The van der Waals surface area contributed by atoms with Crippen molar-refractivity contribution in [1.29, 1.82) is 0 Å². The minimum absolute atomic E-state index is 0.0254. The molecule has 0 spiro atoms. The van der Waals surface area contributed by atoms with Gasteiger partial charge in [-0.05, 0) is 42.5 Å². The number of methoxy groups -OCH3 is 1. The van der Waals surface area contributed by atoms with E-state index >= 15 is 0 Å². The largest absolute Gasteiger partial charge is 0.495 e. The average molecular weight is 390 g/mol. The second kappa shape index (κ2) is 7.00. The summed E-state index contributed by atoms with van der Waals surface area (Å²) < 4.78 is 55.6. The summed E-state index contributed by atoms with van der Waals surface area (Å²) in [6, 6.07) is 9.60. The van der Waals surface area contributed by atoms with Crippen molar-refractivity contribution in [3.05, 3.63) is 47.5 Å². The van der Waals surface area contributed by atoms with Crippen molar-refractivity contribution in [3.8, 4) is 5.75 Å². The fourth-order valence-electron chi connectivity index (χ4n) is 1.93. The molecule has 130 valence electrons. The highest BCUT2D eigenvalue weighted by Gasteiger charge is 2.17. The summed E-state index contributed by atoms with van der Waals surface area (Å²) in [5, 5.41) is 0.171. The Balaban J connectivity index is 2.28. The highest BCUT2D eigenvalue weighted by Crippen LogP contribution is 2.28. The summed E-state index contributed by atoms with van der Waals surface area (Å²) in [4.78, 5) is 0.110. The molecule has 1 N–H and O–H groups in total. The van der Waals surface area contributed by atoms with Crippen LogP contribution in [0.2, 0.25) is 5.02 Å². The van der Waals surface area contributed by atoms with Crippen molar-refractivity contribution in [3.63, 3.8) is 0 Å². The van der Waals surface area contributed by atoms with Gasteiger partial charge in [0.2, 0.25) is 0 Å². The molecule has 0 aliphatic rings. The van der Waals surface area contributed by atoms with Crippen molar-refractivity contribution in [1.82, 2.24) is 0 Å². The molecule has 0 unspecified atom stereocenters. The molecule has 0 bridgehead atoms. The van der Waals surface area contributed by atoms with E-state index in [4.69, 9.17) is 16.3 Å². The van der Waals surface area contributed by atoms with E-state index in [1.54, 1.807) is 6.92 Å². The molecule has 0 amide bonds. The van der Waals surface area contributed by atoms with Crippen LogP contribution in [0.25, 0.3) is 0 Å². The molecule has 24 heavy (non-hydrogen) atoms. The number of hydrogen-bond donors (Lipinski definition) is 1. The number of anilines is 1. The smallest absolute Gasteiger partial charge is 0.261 e. The lowest BCUT2D eigenvalue weighted by atomic mass is 10.3. The molecule has 9 heteroatoms. The number of sulfonamides is 1. The lowest BCUT2D eigenvalue weighted by Crippen LogP contribution is -2.13. The van der Waals surface area contributed by atoms with E-state index in [1.807, 2.05) is 0 Å². The van der Waals surface area contributed by atoms with E-state index in [0.29, 0.717) is 5.75 Å². The van der Waals surface area contributed by atoms with Crippen LogP contribution in [0.5, 0.6) is 5.75 Å². The van der Waals surface area contributed by atoms with Gasteiger partial charge in [0, 0.05) is 5.69 Å². The molecular formula is C15H16ClNO5S2. The van der Waals surface area contributed by atoms with Gasteiger partial charge in [-0.15, -0.1) is 0 Å². The van der Waals surface area contributed by atoms with Crippen LogP contribution in [0.15, 0.2) is 52.3 Å². The van der Waals surface area contributed by atoms with Gasteiger partial charge in [0.15, 0.2) is 9.84 Å². The van der Waals surface area contributed by atoms with E-state index in [2.05, 4.69) is 4.72 Å². The maximum atomic E-state index is 12.4. The van der Waals surface area contributed by atoms with Gasteiger partial charge in [0.1, 0.15) is 5.75 Å². The first-order valence-corrected chi connectivity index (χ1v) is 10.4. The lowest BCUT2D eigenvalue weighted by Gasteiger charge is -2.10. The third-order valence-electron chi connectivity index (χ3n) is 3.28. The first-order chi connectivity index (χ1) is 11.2. The van der Waals surface area contributed by atoms with Crippen LogP contribution in [0.3, 0.4) is 0 Å². The summed E-state index contributed by atoms with van der Waals surface area (Å²) in [6.45, 7) is 1.54. The molecular weight excluding hydrogens is 374 g/mol. The molecule has 2 aromatic rings. The zero-order valence-electron chi connectivity index (χ0n) is 13.0. The monoisotopic (exact) mass is 389 g/mol. The van der Waals surface area contributed by atoms with E-state index in [0.717, 1.165) is 0 Å². The summed E-state index contributed by atoms with van der Waals surface area (Å²) in [7, 11) is -5.76. The number of halogens is 1. The summed E-state index contributed by atoms with van der Waals surface area (Å²) in [5.74, 6) is 0.340. The van der Waals surface area contributed by atoms with Crippen molar-refractivity contribution >= 4 is 37.1 Å². The average Bonchev–Trinajstić information content (AvgIpc) is 2.55. The summed E-state index contributed by atoms with van der Waals surface area (Å²) >= 11 is 5.94. The Morgan fingerprint density at radius 1 is 1.00 bits per heavy atom. The molecule has 0 heterocycles. The highest BCUT2D eigenvalue weighted by atomic mass is 35.5. The molecule has 0 aliphatic heterocycles. The Morgan fingerprint density at radius 2 is 1.58 bits per heavy atom. The zero-order chi connectivity index (χ0) is 18.0. The van der Waals surface area contributed by atoms with Crippen LogP contribution >= 0.6 is 11.6 Å². The Labute approximate surface area is 146 Å². The van der Waals surface area contributed by atoms with Crippen molar-refractivity contribution in [2.75, 3.05) is 17.6 Å². The first kappa shape index (κ1) is 18.6. The zero-order valence-corrected chi connectivity index (χ0v) is 15.4. The van der Waals surface area contributed by atoms with Crippen LogP contribution in [0, 0.1) is 0 Å². The summed E-state index contributed by atoms with van der Waals surface area (Å²) in [5.41, 5.74) is 0.247. The number of rotatable bonds is 6. The molecule has 6 nitrogen and oxygen atoms in total. The van der Waals surface area contributed by atoms with E-state index < -0.39 is 19.9 Å². The third-order valence-corrected chi connectivity index (χ3v) is 6.70. The van der Waals surface area contributed by atoms with E-state index in [9.17, 15) is 16.8 Å². The molecule has 0 saturated heterocycles. The third kappa shape index (κ3) is 4.00. The molecule has 2 aromatic carbocycles. The minimum atomic E-state index is -3.85. The van der Waals surface area contributed by atoms with Gasteiger partial charge in [-0.2, -0.15) is 0 Å². The van der Waals surface area contributed by atoms with Crippen LogP contribution in [0.1, 0.15) is 6.92 Å². The minimum Gasteiger partial charge on any atom is -0.495 e. The van der Waals surface area contributed by atoms with Gasteiger partial charge in [-0.25, -0.2) is 16.8 Å². The highest BCUT2D eigenvalue weighted by molar-refractivity contribution is 7.92. The Kier molecular flexibility index (Phi) is 5.42. The van der Waals surface area contributed by atoms with Crippen LogP contribution < -0.4 is 9.46 Å². The SMILES string of the molecule is CCS(=O)(=O)c1ccc(NS(=O)(=O)c2ccc(OC)c(Cl)c2)cc1. The topological polar surface area (TPSA) is 89.5 Å². The molecule has 0 saturated carbocycles. The van der Waals surface area contributed by atoms with E-state index in [1.165, 1.54) is 49.6 Å². The van der Waals surface area contributed by atoms with Gasteiger partial charge in [-0.1, -0.05) is 18.5 Å². The van der Waals surface area contributed by atoms with E-state index in [-0.39, 0.29) is 26.3 Å². The van der Waals surface area contributed by atoms with Crippen molar-refractivity contribution in [2.24, 2.45) is 0 Å². The fraction of sp³-hybridized carbons (Fsp3) is 0.200. The molecule has 0 fully saturated rings. The number of hydrogen-bond acceptors (Lipinski definition) is 5. The molecule has 2 rings (SSSR count). The normalized spacial score (nSPS) is 12.0. The molecule has 0 aliphatic carbocycles. The Bertz CT molecular complexity index is 938. The quantitative estimate of drug-likeness (QED) is 0.820. The standard InChI is InChI=1S/C15H16ClNO5S2/c1-3-23(18,19)12-6-4-11(5-7-12)17-24(20,21)13-8-9-15(22-2)14(16)10-13/h4-10,17H,3H2,1-2H3. The van der Waals surface area contributed by atoms with Gasteiger partial charge in [0.25, 0.3) is 10.0 Å². The van der Waals surface area contributed by atoms with Crippen LogP contribution in [-0.4, -0.2) is 29.7 Å². The number of ether oxygens (including phenoxy) is 1. The predicted octanol–water partition coefficient (Wildman–Crippen LogP) is 2.94. The Morgan fingerprint density at radius 3 is 2.08 bits per heavy atom. The second-order valence-corrected chi connectivity index (χ2v) is 9.20. The molecule has 0 radical (unpaired) electrons. The van der Waals surface area contributed by atoms with Gasteiger partial charge in [0.05, 0.1) is 27.7 Å². The second-order valence-electron chi connectivity index (χ2n) is 4.83. The number of sulfone groups is 1. The number of benzene rings is 2. The van der Waals surface area contributed by atoms with Crippen molar-refractivity contribution < 1.29 is 21.6 Å². The first-order valence-electron chi connectivity index (χ1n) is 6.89. The fourth-order valence-corrected chi connectivity index (χ4v) is 4.22. The van der Waals surface area contributed by atoms with Crippen LogP contribution in [0.4, 0.5) is 5.69 Å². The van der Waals surface area contributed by atoms with Gasteiger partial charge < -0.3 is 4.74 Å². The molecule has 0 aromatic heterocycles. The van der Waals surface area contributed by atoms with Crippen LogP contribution in [-0.2, 0) is 19.9 Å². The van der Waals surface area contributed by atoms with Gasteiger partial charge >= 0.3 is 0 Å². The summed E-state index contributed by atoms with van der Waals surface area (Å²) in [6.07, 6.45) is 0. The van der Waals surface area contributed by atoms with Crippen molar-refractivity contribution in [2.45, 2.75) is 16.7 Å². The maximum absolute atomic E-state index is 12.4. The maximum Gasteiger partial charge on any atom is 0.261 e.